The molecule has 1 aromatic carbocycles. The Labute approximate surface area is 205 Å². The zero-order chi connectivity index (χ0) is 24.6. The van der Waals surface area contributed by atoms with E-state index >= 15 is 0 Å². The summed E-state index contributed by atoms with van der Waals surface area (Å²) < 4.78 is 0. The van der Waals surface area contributed by atoms with E-state index in [0.717, 1.165) is 60.9 Å². The van der Waals surface area contributed by atoms with Gasteiger partial charge in [0.05, 0.1) is 11.4 Å². The molecular weight excluding hydrogens is 432 g/mol. The number of aryl methyl sites for hydroxylation is 1. The van der Waals surface area contributed by atoms with Crippen LogP contribution < -0.4 is 16.0 Å². The molecule has 1 aromatic rings. The number of nitrogens with zero attached hydrogens (tertiary/aromatic N) is 2. The van der Waals surface area contributed by atoms with Gasteiger partial charge >= 0.3 is 6.03 Å². The average molecular weight is 475 g/mol. The number of nitrogens with one attached hydrogen (secondary N) is 1. The Balaban J connectivity index is 3.40. The number of anilines is 1. The van der Waals surface area contributed by atoms with Crippen molar-refractivity contribution in [2.75, 3.05) is 11.4 Å². The molecular formula is C26H42N4O2S. The van der Waals surface area contributed by atoms with Crippen molar-refractivity contribution in [2.24, 2.45) is 10.7 Å². The van der Waals surface area contributed by atoms with Gasteiger partial charge in [-0.2, -0.15) is 4.99 Å². The lowest BCUT2D eigenvalue weighted by atomic mass is 9.92. The van der Waals surface area contributed by atoms with Gasteiger partial charge < -0.3 is 5.73 Å². The van der Waals surface area contributed by atoms with Crippen molar-refractivity contribution >= 4 is 40.8 Å². The number of hydrogen-bond donors (Lipinski definition) is 2. The van der Waals surface area contributed by atoms with Crippen LogP contribution in [-0.4, -0.2) is 23.8 Å². The molecule has 0 atom stereocenters. The Kier molecular flexibility index (Phi) is 14.3. The highest BCUT2D eigenvalue weighted by Gasteiger charge is 2.23. The van der Waals surface area contributed by atoms with Crippen molar-refractivity contribution in [2.45, 2.75) is 105 Å². The summed E-state index contributed by atoms with van der Waals surface area (Å²) in [7, 11) is 0. The number of nitrogens with two attached hydrogens (primary N) is 1. The largest absolute Gasteiger partial charge is 0.376 e. The second kappa shape index (κ2) is 16.4. The lowest BCUT2D eigenvalue weighted by Gasteiger charge is -2.27. The second-order valence-corrected chi connectivity index (χ2v) is 9.02. The highest BCUT2D eigenvalue weighted by atomic mass is 32.1. The first-order chi connectivity index (χ1) is 15.9. The number of unbranched alkanes of at least 4 members (excludes halogenated alkanes) is 8. The van der Waals surface area contributed by atoms with Crippen molar-refractivity contribution in [3.8, 4) is 0 Å². The minimum absolute atomic E-state index is 0.0611. The van der Waals surface area contributed by atoms with E-state index in [9.17, 15) is 9.59 Å². The van der Waals surface area contributed by atoms with Gasteiger partial charge in [-0.15, -0.1) is 0 Å². The highest BCUT2D eigenvalue weighted by Crippen LogP contribution is 2.37. The van der Waals surface area contributed by atoms with Gasteiger partial charge in [-0.3, -0.25) is 10.2 Å². The monoisotopic (exact) mass is 474 g/mol. The number of urea groups is 1. The molecule has 0 saturated carbocycles. The van der Waals surface area contributed by atoms with Crippen molar-refractivity contribution in [1.29, 1.82) is 0 Å². The minimum atomic E-state index is -0.365. The van der Waals surface area contributed by atoms with Crippen molar-refractivity contribution in [1.82, 2.24) is 5.32 Å². The Morgan fingerprint density at radius 2 is 1.61 bits per heavy atom. The van der Waals surface area contributed by atoms with Crippen molar-refractivity contribution in [3.63, 3.8) is 0 Å². The predicted molar refractivity (Wildman–Crippen MR) is 142 cm³/mol. The molecule has 0 unspecified atom stereocenters. The van der Waals surface area contributed by atoms with Gasteiger partial charge in [0.15, 0.2) is 5.11 Å². The molecule has 33 heavy (non-hydrogen) atoms. The van der Waals surface area contributed by atoms with Gasteiger partial charge in [0.2, 0.25) is 6.08 Å². The van der Waals surface area contributed by atoms with E-state index in [2.05, 4.69) is 30.2 Å². The van der Waals surface area contributed by atoms with Crippen LogP contribution in [0.3, 0.4) is 0 Å². The average Bonchev–Trinajstić information content (AvgIpc) is 2.77. The lowest BCUT2D eigenvalue weighted by Crippen LogP contribution is -2.45. The van der Waals surface area contributed by atoms with E-state index in [0.29, 0.717) is 12.2 Å². The molecule has 0 bridgehead atoms. The molecule has 6 nitrogen and oxygen atoms in total. The van der Waals surface area contributed by atoms with Crippen LogP contribution in [0.2, 0.25) is 0 Å². The molecule has 0 aliphatic heterocycles. The van der Waals surface area contributed by atoms with Crippen LogP contribution in [0, 0.1) is 6.92 Å². The summed E-state index contributed by atoms with van der Waals surface area (Å²) in [6, 6.07) is 1.74. The SMILES string of the molecule is CCCCCCCc1cc(N(CC)C(=O)NC(N)=S)c(CCCCCCC)c(N=C=O)c1C. The number of rotatable bonds is 15. The summed E-state index contributed by atoms with van der Waals surface area (Å²) in [4.78, 5) is 30.0. The van der Waals surface area contributed by atoms with Gasteiger partial charge in [0.25, 0.3) is 0 Å². The quantitative estimate of drug-likeness (QED) is 0.127. The van der Waals surface area contributed by atoms with Crippen LogP contribution in [-0.2, 0) is 17.6 Å². The fraction of sp³-hybridized carbons (Fsp3) is 0.654. The summed E-state index contributed by atoms with van der Waals surface area (Å²) in [6.07, 6.45) is 14.9. The van der Waals surface area contributed by atoms with Crippen molar-refractivity contribution in [3.05, 3.63) is 22.8 Å². The Hall–Kier alpha value is -2.24. The van der Waals surface area contributed by atoms with E-state index in [1.165, 1.54) is 38.5 Å². The number of carbonyl (C=O) groups excluding carboxylic acids is 2. The van der Waals surface area contributed by atoms with Gasteiger partial charge in [0.1, 0.15) is 0 Å². The Bertz CT molecular complexity index is 819. The van der Waals surface area contributed by atoms with Gasteiger partial charge in [-0.25, -0.2) is 9.59 Å². The zero-order valence-electron chi connectivity index (χ0n) is 21.0. The zero-order valence-corrected chi connectivity index (χ0v) is 21.8. The van der Waals surface area contributed by atoms with Crippen LogP contribution >= 0.6 is 12.2 Å². The molecule has 0 aromatic heterocycles. The van der Waals surface area contributed by atoms with E-state index in [1.807, 2.05) is 13.8 Å². The van der Waals surface area contributed by atoms with Crippen LogP contribution in [0.25, 0.3) is 0 Å². The fourth-order valence-corrected chi connectivity index (χ4v) is 4.31. The van der Waals surface area contributed by atoms with Gasteiger partial charge in [0, 0.05) is 12.1 Å². The topological polar surface area (TPSA) is 87.8 Å². The molecule has 0 radical (unpaired) electrons. The molecule has 0 aliphatic rings. The Morgan fingerprint density at radius 1 is 1.03 bits per heavy atom. The maximum Gasteiger partial charge on any atom is 0.328 e. The fourth-order valence-electron chi connectivity index (χ4n) is 4.22. The summed E-state index contributed by atoms with van der Waals surface area (Å²) in [5.41, 5.74) is 10.0. The smallest absolute Gasteiger partial charge is 0.328 e. The number of amides is 2. The molecule has 0 saturated heterocycles. The first-order valence-corrected chi connectivity index (χ1v) is 12.9. The second-order valence-electron chi connectivity index (χ2n) is 8.58. The molecule has 7 heteroatoms. The summed E-state index contributed by atoms with van der Waals surface area (Å²) >= 11 is 4.89. The first-order valence-electron chi connectivity index (χ1n) is 12.5. The summed E-state index contributed by atoms with van der Waals surface area (Å²) in [5, 5.41) is 2.48. The van der Waals surface area contributed by atoms with Crippen LogP contribution in [0.15, 0.2) is 11.1 Å². The molecule has 0 heterocycles. The number of aliphatic imine (C=N–C) groups is 1. The van der Waals surface area contributed by atoms with Gasteiger partial charge in [-0.05, 0) is 68.9 Å². The highest BCUT2D eigenvalue weighted by molar-refractivity contribution is 7.80. The molecule has 0 fully saturated rings. The summed E-state index contributed by atoms with van der Waals surface area (Å²) in [5.74, 6) is 0. The maximum atomic E-state index is 12.9. The van der Waals surface area contributed by atoms with Crippen LogP contribution in [0.1, 0.15) is 102 Å². The number of hydrogen-bond acceptors (Lipinski definition) is 4. The number of thiocarbonyl (C=S) groups is 1. The molecule has 0 aliphatic carbocycles. The first kappa shape index (κ1) is 28.8. The molecule has 2 amide bonds. The molecule has 184 valence electrons. The standard InChI is InChI=1S/C26H42N4O2S/c1-5-8-10-12-14-16-21-18-23(30(7-3)26(32)29-25(27)33)22(17-15-13-11-9-6-2)24(20(21)4)28-19-31/h18H,5-17H2,1-4H3,(H3,27,29,32,33). The summed E-state index contributed by atoms with van der Waals surface area (Å²) in [6.45, 7) is 8.78. The van der Waals surface area contributed by atoms with E-state index < -0.39 is 0 Å². The van der Waals surface area contributed by atoms with E-state index in [1.54, 1.807) is 11.0 Å². The number of carbonyl (C=O) groups is 1. The molecule has 0 spiro atoms. The third kappa shape index (κ3) is 9.65. The third-order valence-electron chi connectivity index (χ3n) is 6.06. The lowest BCUT2D eigenvalue weighted by molar-refractivity contribution is 0.251. The maximum absolute atomic E-state index is 12.9. The normalized spacial score (nSPS) is 10.5. The van der Waals surface area contributed by atoms with Gasteiger partial charge in [-0.1, -0.05) is 65.2 Å². The van der Waals surface area contributed by atoms with E-state index in [4.69, 9.17) is 18.0 Å². The van der Waals surface area contributed by atoms with Crippen molar-refractivity contribution < 1.29 is 9.59 Å². The predicted octanol–water partition coefficient (Wildman–Crippen LogP) is 6.77. The molecule has 1 rings (SSSR count). The van der Waals surface area contributed by atoms with Crippen LogP contribution in [0.4, 0.5) is 16.2 Å². The third-order valence-corrected chi connectivity index (χ3v) is 6.16. The molecule has 3 N–H and O–H groups in total. The Morgan fingerprint density at radius 3 is 2.12 bits per heavy atom. The van der Waals surface area contributed by atoms with Crippen LogP contribution in [0.5, 0.6) is 0 Å². The van der Waals surface area contributed by atoms with E-state index in [-0.39, 0.29) is 11.1 Å². The number of isocyanates is 1. The number of benzene rings is 1. The minimum Gasteiger partial charge on any atom is -0.376 e.